The van der Waals surface area contributed by atoms with Crippen LogP contribution in [0.5, 0.6) is 0 Å². The van der Waals surface area contributed by atoms with Gasteiger partial charge in [-0.15, -0.1) is 0 Å². The van der Waals surface area contributed by atoms with Crippen LogP contribution in [0.15, 0.2) is 0 Å². The fourth-order valence-corrected chi connectivity index (χ4v) is 1.61. The molecule has 0 aliphatic carbocycles. The van der Waals surface area contributed by atoms with Crippen molar-refractivity contribution in [1.29, 1.82) is 0 Å². The second-order valence-corrected chi connectivity index (χ2v) is 4.59. The van der Waals surface area contributed by atoms with Crippen molar-refractivity contribution in [2.75, 3.05) is 5.75 Å². The molecule has 0 aliphatic rings. The van der Waals surface area contributed by atoms with Gasteiger partial charge in [0.15, 0.2) is 5.12 Å². The van der Waals surface area contributed by atoms with Crippen molar-refractivity contribution in [3.8, 4) is 0 Å². The van der Waals surface area contributed by atoms with Crippen molar-refractivity contribution >= 4 is 16.9 Å². The van der Waals surface area contributed by atoms with Gasteiger partial charge < -0.3 is 0 Å². The maximum atomic E-state index is 13.0. The number of hydrogen-bond acceptors (Lipinski definition) is 2. The molecule has 96 valence electrons. The SMILES string of the molecule is CC(=O)SCCC(F)C(F)CCC(F)(F)F. The Labute approximate surface area is 94.8 Å². The van der Waals surface area contributed by atoms with Gasteiger partial charge in [-0.3, -0.25) is 4.79 Å². The molecule has 0 saturated carbocycles. The predicted molar refractivity (Wildman–Crippen MR) is 52.8 cm³/mol. The van der Waals surface area contributed by atoms with Crippen LogP contribution in [0, 0.1) is 0 Å². The molecule has 0 amide bonds. The van der Waals surface area contributed by atoms with Crippen molar-refractivity contribution in [1.82, 2.24) is 0 Å². The number of rotatable bonds is 6. The van der Waals surface area contributed by atoms with Crippen LogP contribution in [0.3, 0.4) is 0 Å². The first-order valence-corrected chi connectivity index (χ1v) is 5.69. The smallest absolute Gasteiger partial charge is 0.288 e. The van der Waals surface area contributed by atoms with Crippen molar-refractivity contribution in [2.24, 2.45) is 0 Å². The molecule has 2 atom stereocenters. The average Bonchev–Trinajstić information content (AvgIpc) is 2.12. The molecule has 0 aliphatic heterocycles. The number of alkyl halides is 5. The summed E-state index contributed by atoms with van der Waals surface area (Å²) >= 11 is 0.833. The lowest BCUT2D eigenvalue weighted by molar-refractivity contribution is -0.139. The third kappa shape index (κ3) is 8.94. The van der Waals surface area contributed by atoms with Gasteiger partial charge in [0.25, 0.3) is 0 Å². The van der Waals surface area contributed by atoms with E-state index < -0.39 is 31.4 Å². The van der Waals surface area contributed by atoms with E-state index in [0.29, 0.717) is 0 Å². The van der Waals surface area contributed by atoms with E-state index in [4.69, 9.17) is 0 Å². The first-order valence-electron chi connectivity index (χ1n) is 4.70. The number of halogens is 5. The highest BCUT2D eigenvalue weighted by Gasteiger charge is 2.30. The van der Waals surface area contributed by atoms with E-state index in [1.165, 1.54) is 6.92 Å². The molecule has 0 fully saturated rings. The molecular formula is C9H13F5OS. The van der Waals surface area contributed by atoms with Crippen molar-refractivity contribution in [3.05, 3.63) is 0 Å². The molecule has 0 rings (SSSR count). The summed E-state index contributed by atoms with van der Waals surface area (Å²) in [5, 5.41) is -0.224. The first-order chi connectivity index (χ1) is 7.22. The second kappa shape index (κ2) is 7.09. The lowest BCUT2D eigenvalue weighted by Crippen LogP contribution is -2.21. The van der Waals surface area contributed by atoms with Crippen LogP contribution in [0.2, 0.25) is 0 Å². The third-order valence-electron chi connectivity index (χ3n) is 1.79. The Morgan fingerprint density at radius 1 is 1.19 bits per heavy atom. The van der Waals surface area contributed by atoms with Crippen molar-refractivity contribution < 1.29 is 26.7 Å². The zero-order valence-electron chi connectivity index (χ0n) is 8.69. The summed E-state index contributed by atoms with van der Waals surface area (Å²) in [7, 11) is 0. The Hall–Kier alpha value is -0.330. The van der Waals surface area contributed by atoms with Crippen molar-refractivity contribution in [3.63, 3.8) is 0 Å². The minimum atomic E-state index is -4.46. The third-order valence-corrected chi connectivity index (χ3v) is 2.64. The first kappa shape index (κ1) is 15.7. The molecule has 0 radical (unpaired) electrons. The summed E-state index contributed by atoms with van der Waals surface area (Å²) in [5.41, 5.74) is 0. The molecule has 0 aromatic rings. The van der Waals surface area contributed by atoms with Crippen LogP contribution in [0.25, 0.3) is 0 Å². The summed E-state index contributed by atoms with van der Waals surface area (Å²) in [6, 6.07) is 0. The molecular weight excluding hydrogens is 251 g/mol. The fourth-order valence-electron chi connectivity index (χ4n) is 0.978. The van der Waals surface area contributed by atoms with Crippen LogP contribution in [-0.4, -0.2) is 29.4 Å². The maximum Gasteiger partial charge on any atom is 0.389 e. The Morgan fingerprint density at radius 3 is 2.12 bits per heavy atom. The van der Waals surface area contributed by atoms with E-state index >= 15 is 0 Å². The highest BCUT2D eigenvalue weighted by Crippen LogP contribution is 2.25. The van der Waals surface area contributed by atoms with E-state index in [1.807, 2.05) is 0 Å². The molecule has 2 unspecified atom stereocenters. The van der Waals surface area contributed by atoms with Crippen LogP contribution in [0.1, 0.15) is 26.2 Å². The van der Waals surface area contributed by atoms with Gasteiger partial charge in [-0.25, -0.2) is 8.78 Å². The monoisotopic (exact) mass is 264 g/mol. The average molecular weight is 264 g/mol. The minimum absolute atomic E-state index is 0.0862. The molecule has 0 bridgehead atoms. The highest BCUT2D eigenvalue weighted by atomic mass is 32.2. The molecule has 0 N–H and O–H groups in total. The summed E-state index contributed by atoms with van der Waals surface area (Å²) in [6.45, 7) is 1.29. The van der Waals surface area contributed by atoms with Crippen molar-refractivity contribution in [2.45, 2.75) is 44.7 Å². The van der Waals surface area contributed by atoms with Gasteiger partial charge in [-0.05, 0) is 12.8 Å². The lowest BCUT2D eigenvalue weighted by Gasteiger charge is -2.14. The Bertz CT molecular complexity index is 218. The Balaban J connectivity index is 3.73. The molecule has 0 aromatic carbocycles. The lowest BCUT2D eigenvalue weighted by atomic mass is 10.1. The van der Waals surface area contributed by atoms with Gasteiger partial charge >= 0.3 is 6.18 Å². The maximum absolute atomic E-state index is 13.0. The fraction of sp³-hybridized carbons (Fsp3) is 0.889. The van der Waals surface area contributed by atoms with Gasteiger partial charge in [0.05, 0.1) is 0 Å². The molecule has 7 heteroatoms. The van der Waals surface area contributed by atoms with Crippen LogP contribution in [-0.2, 0) is 4.79 Å². The quantitative estimate of drug-likeness (QED) is 0.681. The summed E-state index contributed by atoms with van der Waals surface area (Å²) < 4.78 is 60.9. The van der Waals surface area contributed by atoms with E-state index in [2.05, 4.69) is 0 Å². The predicted octanol–water partition coefficient (Wildman–Crippen LogP) is 3.67. The Morgan fingerprint density at radius 2 is 1.69 bits per heavy atom. The second-order valence-electron chi connectivity index (χ2n) is 3.31. The van der Waals surface area contributed by atoms with E-state index in [0.717, 1.165) is 11.8 Å². The summed E-state index contributed by atoms with van der Waals surface area (Å²) in [4.78, 5) is 10.5. The van der Waals surface area contributed by atoms with Gasteiger partial charge in [0.1, 0.15) is 12.3 Å². The standard InChI is InChI=1S/C9H13F5OS/c1-6(15)16-5-3-8(11)7(10)2-4-9(12,13)14/h7-8H,2-5H2,1H3. The number of carbonyl (C=O) groups is 1. The molecule has 0 aromatic heterocycles. The zero-order chi connectivity index (χ0) is 12.8. The molecule has 1 nitrogen and oxygen atoms in total. The number of thioether (sulfide) groups is 1. The topological polar surface area (TPSA) is 17.1 Å². The molecule has 16 heavy (non-hydrogen) atoms. The van der Waals surface area contributed by atoms with Gasteiger partial charge in [0, 0.05) is 19.1 Å². The molecule has 0 spiro atoms. The Kier molecular flexibility index (Phi) is 6.94. The van der Waals surface area contributed by atoms with E-state index in [-0.39, 0.29) is 17.3 Å². The van der Waals surface area contributed by atoms with E-state index in [1.54, 1.807) is 0 Å². The van der Waals surface area contributed by atoms with E-state index in [9.17, 15) is 26.7 Å². The number of carbonyl (C=O) groups excluding carboxylic acids is 1. The van der Waals surface area contributed by atoms with Gasteiger partial charge in [-0.2, -0.15) is 13.2 Å². The normalized spacial score (nSPS) is 15.9. The van der Waals surface area contributed by atoms with Gasteiger partial charge in [0.2, 0.25) is 0 Å². The largest absolute Gasteiger partial charge is 0.389 e. The van der Waals surface area contributed by atoms with Crippen LogP contribution >= 0.6 is 11.8 Å². The summed E-state index contributed by atoms with van der Waals surface area (Å²) in [5.74, 6) is 0.0862. The summed E-state index contributed by atoms with van der Waals surface area (Å²) in [6.07, 6.45) is -10.9. The van der Waals surface area contributed by atoms with Crippen LogP contribution in [0.4, 0.5) is 22.0 Å². The van der Waals surface area contributed by atoms with Crippen LogP contribution < -0.4 is 0 Å². The highest BCUT2D eigenvalue weighted by molar-refractivity contribution is 8.13. The molecule has 0 saturated heterocycles. The number of hydrogen-bond donors (Lipinski definition) is 0. The van der Waals surface area contributed by atoms with Gasteiger partial charge in [-0.1, -0.05) is 11.8 Å². The molecule has 0 heterocycles. The minimum Gasteiger partial charge on any atom is -0.288 e. The zero-order valence-corrected chi connectivity index (χ0v) is 9.51.